The van der Waals surface area contributed by atoms with Gasteiger partial charge < -0.3 is 19.7 Å². The van der Waals surface area contributed by atoms with Crippen molar-refractivity contribution in [1.82, 2.24) is 5.32 Å². The van der Waals surface area contributed by atoms with Crippen LogP contribution >= 0.6 is 0 Å². The minimum absolute atomic E-state index is 0.0199. The van der Waals surface area contributed by atoms with Gasteiger partial charge in [-0.3, -0.25) is 9.59 Å². The smallest absolute Gasteiger partial charge is 0.343 e. The van der Waals surface area contributed by atoms with E-state index in [1.165, 1.54) is 13.5 Å². The number of para-hydroxylation sites is 1. The molecule has 0 atom stereocenters. The molecule has 2 aromatic carbocycles. The largest absolute Gasteiger partial charge is 0.484 e. The van der Waals surface area contributed by atoms with Gasteiger partial charge in [-0.2, -0.15) is 0 Å². The van der Waals surface area contributed by atoms with Crippen LogP contribution in [0.25, 0.3) is 6.08 Å². The van der Waals surface area contributed by atoms with Crippen LogP contribution in [0, 0.1) is 0 Å². The maximum absolute atomic E-state index is 13.2. The first-order chi connectivity index (χ1) is 17.0. The Morgan fingerprint density at radius 1 is 1.03 bits per heavy atom. The fourth-order valence-corrected chi connectivity index (χ4v) is 4.55. The van der Waals surface area contributed by atoms with E-state index in [1.807, 2.05) is 42.5 Å². The lowest BCUT2D eigenvalue weighted by Crippen LogP contribution is -2.38. The van der Waals surface area contributed by atoms with Crippen molar-refractivity contribution >= 4 is 29.4 Å². The lowest BCUT2D eigenvalue weighted by atomic mass is 9.95. The maximum Gasteiger partial charge on any atom is 0.343 e. The van der Waals surface area contributed by atoms with Gasteiger partial charge in [-0.25, -0.2) is 4.79 Å². The van der Waals surface area contributed by atoms with Crippen LogP contribution in [0.15, 0.2) is 71.6 Å². The molecule has 0 aromatic heterocycles. The highest BCUT2D eigenvalue weighted by Gasteiger charge is 2.38. The number of allylic oxidation sites excluding steroid dienone is 2. The quantitative estimate of drug-likeness (QED) is 0.364. The van der Waals surface area contributed by atoms with E-state index in [4.69, 9.17) is 9.47 Å². The summed E-state index contributed by atoms with van der Waals surface area (Å²) in [7, 11) is 1.26. The van der Waals surface area contributed by atoms with Crippen molar-refractivity contribution in [2.75, 3.05) is 18.6 Å². The Morgan fingerprint density at radius 3 is 2.37 bits per heavy atom. The predicted octanol–water partition coefficient (Wildman–Crippen LogP) is 4.39. The van der Waals surface area contributed by atoms with Gasteiger partial charge in [0.15, 0.2) is 6.61 Å². The van der Waals surface area contributed by atoms with Gasteiger partial charge in [0.1, 0.15) is 11.3 Å². The van der Waals surface area contributed by atoms with E-state index in [0.717, 1.165) is 36.9 Å². The van der Waals surface area contributed by atoms with Crippen LogP contribution in [0.5, 0.6) is 5.75 Å². The number of carbonyl (C=O) groups excluding carboxylic acids is 3. The van der Waals surface area contributed by atoms with E-state index in [2.05, 4.69) is 5.32 Å². The van der Waals surface area contributed by atoms with Crippen molar-refractivity contribution in [1.29, 1.82) is 0 Å². The van der Waals surface area contributed by atoms with Gasteiger partial charge in [-0.05, 0) is 55.7 Å². The van der Waals surface area contributed by atoms with Crippen LogP contribution in [0.2, 0.25) is 0 Å². The number of esters is 1. The monoisotopic (exact) mass is 474 g/mol. The molecule has 0 saturated heterocycles. The highest BCUT2D eigenvalue weighted by atomic mass is 16.5. The number of benzene rings is 2. The summed E-state index contributed by atoms with van der Waals surface area (Å²) >= 11 is 0. The molecular formula is C28H30N2O5. The van der Waals surface area contributed by atoms with Gasteiger partial charge in [-0.15, -0.1) is 0 Å². The van der Waals surface area contributed by atoms with Crippen LogP contribution < -0.4 is 15.0 Å². The molecule has 0 spiro atoms. The zero-order valence-corrected chi connectivity index (χ0v) is 20.1. The third-order valence-electron chi connectivity index (χ3n) is 6.33. The van der Waals surface area contributed by atoms with Crippen LogP contribution in [-0.4, -0.2) is 37.4 Å². The minimum Gasteiger partial charge on any atom is -0.484 e. The normalized spacial score (nSPS) is 17.6. The number of nitrogens with zero attached hydrogens (tertiary/aromatic N) is 1. The molecule has 7 nitrogen and oxygen atoms in total. The van der Waals surface area contributed by atoms with E-state index in [9.17, 15) is 14.4 Å². The fraction of sp³-hybridized carbons (Fsp3) is 0.321. The number of rotatable bonds is 7. The number of hydrogen-bond acceptors (Lipinski definition) is 6. The average molecular weight is 475 g/mol. The number of methoxy groups -OCH3 is 1. The lowest BCUT2D eigenvalue weighted by Gasteiger charge is -2.22. The first kappa shape index (κ1) is 24.3. The van der Waals surface area contributed by atoms with Crippen LogP contribution in [-0.2, 0) is 19.1 Å². The second-order valence-corrected chi connectivity index (χ2v) is 8.74. The Bertz CT molecular complexity index is 1150. The summed E-state index contributed by atoms with van der Waals surface area (Å²) in [6.07, 6.45) is 7.33. The fourth-order valence-electron chi connectivity index (χ4n) is 4.55. The van der Waals surface area contributed by atoms with Crippen molar-refractivity contribution in [3.63, 3.8) is 0 Å². The van der Waals surface area contributed by atoms with Crippen molar-refractivity contribution in [2.24, 2.45) is 0 Å². The number of ketones is 1. The van der Waals surface area contributed by atoms with E-state index in [-0.39, 0.29) is 24.1 Å². The second kappa shape index (κ2) is 11.0. The third kappa shape index (κ3) is 5.62. The summed E-state index contributed by atoms with van der Waals surface area (Å²) < 4.78 is 10.5. The Hall–Kier alpha value is -3.87. The summed E-state index contributed by atoms with van der Waals surface area (Å²) in [4.78, 5) is 39.4. The van der Waals surface area contributed by atoms with Gasteiger partial charge in [-0.1, -0.05) is 49.6 Å². The van der Waals surface area contributed by atoms with Crippen LogP contribution in [0.3, 0.4) is 0 Å². The zero-order valence-electron chi connectivity index (χ0n) is 20.1. The molecule has 2 aliphatic rings. The molecule has 1 amide bonds. The average Bonchev–Trinajstić information content (AvgIpc) is 3.13. The van der Waals surface area contributed by atoms with E-state index >= 15 is 0 Å². The SMILES string of the molecule is COC(=O)C1=C(C)N(c2ccccc2)/C(=C\c2ccc(OCC(=O)NC3CCCCC3)cc2)C1=O. The minimum atomic E-state index is -0.660. The molecule has 1 N–H and O–H groups in total. The zero-order chi connectivity index (χ0) is 24.8. The molecule has 1 fully saturated rings. The first-order valence-corrected chi connectivity index (χ1v) is 11.9. The number of carbonyl (C=O) groups is 3. The molecule has 35 heavy (non-hydrogen) atoms. The summed E-state index contributed by atoms with van der Waals surface area (Å²) in [6, 6.07) is 16.8. The molecule has 2 aromatic rings. The molecule has 4 rings (SSSR count). The summed E-state index contributed by atoms with van der Waals surface area (Å²) in [5.74, 6) is -0.604. The highest BCUT2D eigenvalue weighted by Crippen LogP contribution is 2.35. The van der Waals surface area contributed by atoms with Crippen molar-refractivity contribution in [2.45, 2.75) is 45.1 Å². The summed E-state index contributed by atoms with van der Waals surface area (Å²) in [5, 5.41) is 3.04. The Kier molecular flexibility index (Phi) is 7.65. The van der Waals surface area contributed by atoms with Gasteiger partial charge >= 0.3 is 5.97 Å². The number of hydrogen-bond donors (Lipinski definition) is 1. The van der Waals surface area contributed by atoms with Gasteiger partial charge in [0.25, 0.3) is 5.91 Å². The summed E-state index contributed by atoms with van der Waals surface area (Å²) in [5.41, 5.74) is 2.42. The maximum atomic E-state index is 13.2. The predicted molar refractivity (Wildman–Crippen MR) is 134 cm³/mol. The van der Waals surface area contributed by atoms with Crippen molar-refractivity contribution < 1.29 is 23.9 Å². The number of Topliss-reactive ketones (excluding diaryl/α,β-unsaturated/α-hetero) is 1. The second-order valence-electron chi connectivity index (χ2n) is 8.74. The Morgan fingerprint density at radius 2 is 1.71 bits per heavy atom. The van der Waals surface area contributed by atoms with Crippen molar-refractivity contribution in [3.8, 4) is 5.75 Å². The van der Waals surface area contributed by atoms with E-state index in [0.29, 0.717) is 17.1 Å². The molecule has 1 saturated carbocycles. The van der Waals surface area contributed by atoms with Crippen LogP contribution in [0.1, 0.15) is 44.6 Å². The number of ether oxygens (including phenoxy) is 2. The molecule has 1 aliphatic heterocycles. The molecule has 182 valence electrons. The van der Waals surface area contributed by atoms with Gasteiger partial charge in [0.05, 0.1) is 12.8 Å². The lowest BCUT2D eigenvalue weighted by molar-refractivity contribution is -0.137. The summed E-state index contributed by atoms with van der Waals surface area (Å²) in [6.45, 7) is 1.69. The molecule has 0 bridgehead atoms. The third-order valence-corrected chi connectivity index (χ3v) is 6.33. The molecule has 7 heteroatoms. The van der Waals surface area contributed by atoms with Crippen molar-refractivity contribution in [3.05, 3.63) is 77.1 Å². The van der Waals surface area contributed by atoms with Gasteiger partial charge in [0.2, 0.25) is 5.78 Å². The topological polar surface area (TPSA) is 84.9 Å². The Balaban J connectivity index is 1.48. The van der Waals surface area contributed by atoms with Gasteiger partial charge in [0, 0.05) is 17.4 Å². The standard InChI is InChI=1S/C28H30N2O5/c1-19-26(28(33)34-2)27(32)24(30(19)22-11-7-4-8-12-22)17-20-13-15-23(16-14-20)35-18-25(31)29-21-9-5-3-6-10-21/h4,7-8,11-17,21H,3,5-6,9-10,18H2,1-2H3,(H,29,31)/b24-17-. The number of anilines is 1. The Labute approximate surface area is 205 Å². The van der Waals surface area contributed by atoms with E-state index in [1.54, 1.807) is 30.0 Å². The van der Waals surface area contributed by atoms with Crippen LogP contribution in [0.4, 0.5) is 5.69 Å². The molecule has 1 heterocycles. The molecule has 1 aliphatic carbocycles. The number of nitrogens with one attached hydrogen (secondary N) is 1. The number of amides is 1. The molecule has 0 radical (unpaired) electrons. The molecular weight excluding hydrogens is 444 g/mol. The highest BCUT2D eigenvalue weighted by molar-refractivity contribution is 6.30. The van der Waals surface area contributed by atoms with E-state index < -0.39 is 11.8 Å². The first-order valence-electron chi connectivity index (χ1n) is 11.9. The molecule has 0 unspecified atom stereocenters.